The number of likely N-dealkylation sites (tertiary alicyclic amines) is 1. The first kappa shape index (κ1) is 15.7. The van der Waals surface area contributed by atoms with Crippen LogP contribution < -0.4 is 4.74 Å². The van der Waals surface area contributed by atoms with Crippen LogP contribution in [0.25, 0.3) is 11.0 Å². The van der Waals surface area contributed by atoms with Crippen LogP contribution in [0.3, 0.4) is 0 Å². The highest BCUT2D eigenvalue weighted by Crippen LogP contribution is 2.35. The van der Waals surface area contributed by atoms with E-state index < -0.39 is 6.09 Å². The molecule has 2 aromatic rings. The van der Waals surface area contributed by atoms with E-state index in [2.05, 4.69) is 26.2 Å². The maximum absolute atomic E-state index is 11.2. The van der Waals surface area contributed by atoms with Crippen molar-refractivity contribution in [1.82, 2.24) is 19.9 Å². The van der Waals surface area contributed by atoms with E-state index in [4.69, 9.17) is 4.74 Å². The van der Waals surface area contributed by atoms with E-state index in [1.165, 1.54) is 17.7 Å². The van der Waals surface area contributed by atoms with Crippen molar-refractivity contribution in [3.05, 3.63) is 16.6 Å². The molecule has 0 bridgehead atoms. The Morgan fingerprint density at radius 2 is 2.21 bits per heavy atom. The minimum absolute atomic E-state index is 0.0874. The van der Waals surface area contributed by atoms with E-state index >= 15 is 0 Å². The van der Waals surface area contributed by atoms with Crippen LogP contribution in [0.1, 0.15) is 25.7 Å². The molecule has 1 aromatic heterocycles. The van der Waals surface area contributed by atoms with Crippen molar-refractivity contribution < 1.29 is 14.6 Å². The molecule has 2 aliphatic rings. The highest BCUT2D eigenvalue weighted by molar-refractivity contribution is 9.10. The van der Waals surface area contributed by atoms with E-state index in [-0.39, 0.29) is 6.04 Å². The van der Waals surface area contributed by atoms with Crippen LogP contribution in [-0.2, 0) is 6.54 Å². The number of benzene rings is 1. The summed E-state index contributed by atoms with van der Waals surface area (Å²) in [7, 11) is 0. The average molecular weight is 395 g/mol. The Labute approximate surface area is 147 Å². The lowest BCUT2D eigenvalue weighted by Crippen LogP contribution is -2.38. The number of amides is 1. The smallest absolute Gasteiger partial charge is 0.407 e. The maximum Gasteiger partial charge on any atom is 0.407 e. The normalized spacial score (nSPS) is 20.7. The number of aromatic nitrogens is 3. The van der Waals surface area contributed by atoms with Gasteiger partial charge in [-0.2, -0.15) is 0 Å². The molecular formula is C16H19BrN4O3. The van der Waals surface area contributed by atoms with Gasteiger partial charge in [0.1, 0.15) is 17.9 Å². The van der Waals surface area contributed by atoms with Gasteiger partial charge >= 0.3 is 6.09 Å². The molecule has 1 amide bonds. The van der Waals surface area contributed by atoms with Gasteiger partial charge in [0, 0.05) is 13.1 Å². The summed E-state index contributed by atoms with van der Waals surface area (Å²) in [6.45, 7) is 1.85. The van der Waals surface area contributed by atoms with Gasteiger partial charge in [-0.15, -0.1) is 5.10 Å². The van der Waals surface area contributed by atoms with Gasteiger partial charge < -0.3 is 14.7 Å². The first-order valence-corrected chi connectivity index (χ1v) is 9.07. The van der Waals surface area contributed by atoms with Crippen LogP contribution in [0.4, 0.5) is 4.79 Å². The Morgan fingerprint density at radius 3 is 2.96 bits per heavy atom. The molecule has 1 aliphatic heterocycles. The van der Waals surface area contributed by atoms with Crippen LogP contribution in [0.5, 0.6) is 5.75 Å². The summed E-state index contributed by atoms with van der Waals surface area (Å²) in [4.78, 5) is 12.7. The van der Waals surface area contributed by atoms with Crippen molar-refractivity contribution in [2.75, 3.05) is 13.2 Å². The molecule has 1 saturated carbocycles. The molecule has 1 aliphatic carbocycles. The Balaban J connectivity index is 1.50. The van der Waals surface area contributed by atoms with E-state index in [0.29, 0.717) is 18.9 Å². The molecular weight excluding hydrogens is 376 g/mol. The Morgan fingerprint density at radius 1 is 1.38 bits per heavy atom. The molecule has 128 valence electrons. The number of halogens is 1. The van der Waals surface area contributed by atoms with Crippen LogP contribution >= 0.6 is 15.9 Å². The van der Waals surface area contributed by atoms with Crippen LogP contribution in [-0.4, -0.2) is 50.3 Å². The van der Waals surface area contributed by atoms with E-state index in [1.54, 1.807) is 0 Å². The number of hydrogen-bond donors (Lipinski definition) is 1. The average Bonchev–Trinajstić information content (AvgIpc) is 3.08. The van der Waals surface area contributed by atoms with E-state index in [9.17, 15) is 9.90 Å². The molecule has 2 heterocycles. The van der Waals surface area contributed by atoms with Crippen molar-refractivity contribution in [3.63, 3.8) is 0 Å². The summed E-state index contributed by atoms with van der Waals surface area (Å²) in [5.74, 6) is 1.41. The number of ether oxygens (including phenoxy) is 1. The Kier molecular flexibility index (Phi) is 4.07. The fourth-order valence-electron chi connectivity index (χ4n) is 3.22. The lowest BCUT2D eigenvalue weighted by molar-refractivity contribution is 0.123. The zero-order valence-electron chi connectivity index (χ0n) is 13.2. The van der Waals surface area contributed by atoms with Crippen molar-refractivity contribution in [2.45, 2.75) is 38.3 Å². The molecule has 7 nitrogen and oxygen atoms in total. The highest BCUT2D eigenvalue weighted by atomic mass is 79.9. The maximum atomic E-state index is 11.2. The monoisotopic (exact) mass is 394 g/mol. The molecule has 0 unspecified atom stereocenters. The number of hydrogen-bond acceptors (Lipinski definition) is 4. The number of nitrogens with zero attached hydrogens (tertiary/aromatic N) is 4. The predicted octanol–water partition coefficient (Wildman–Crippen LogP) is 3.13. The van der Waals surface area contributed by atoms with Crippen LogP contribution in [0.2, 0.25) is 0 Å². The summed E-state index contributed by atoms with van der Waals surface area (Å²) >= 11 is 3.56. The Hall–Kier alpha value is -1.83. The molecule has 24 heavy (non-hydrogen) atoms. The third kappa shape index (κ3) is 2.94. The first-order valence-electron chi connectivity index (χ1n) is 8.27. The topological polar surface area (TPSA) is 80.5 Å². The van der Waals surface area contributed by atoms with Crippen LogP contribution in [0, 0.1) is 5.92 Å². The van der Waals surface area contributed by atoms with Crippen molar-refractivity contribution in [1.29, 1.82) is 0 Å². The quantitative estimate of drug-likeness (QED) is 0.842. The van der Waals surface area contributed by atoms with E-state index in [1.807, 2.05) is 16.8 Å². The SMILES string of the molecule is O=C(O)N1CCC[C@H]1COc1ccc2c(nnn2CC2CC2)c1Br. The van der Waals surface area contributed by atoms with Gasteiger partial charge in [-0.1, -0.05) is 5.21 Å². The van der Waals surface area contributed by atoms with Gasteiger partial charge in [-0.05, 0) is 59.7 Å². The summed E-state index contributed by atoms with van der Waals surface area (Å²) < 4.78 is 8.61. The zero-order valence-corrected chi connectivity index (χ0v) is 14.8. The summed E-state index contributed by atoms with van der Waals surface area (Å²) in [5.41, 5.74) is 1.78. The van der Waals surface area contributed by atoms with Gasteiger partial charge in [0.05, 0.1) is 16.0 Å². The van der Waals surface area contributed by atoms with Gasteiger partial charge in [-0.3, -0.25) is 0 Å². The van der Waals surface area contributed by atoms with Crippen LogP contribution in [0.15, 0.2) is 16.6 Å². The van der Waals surface area contributed by atoms with E-state index in [0.717, 1.165) is 40.8 Å². The van der Waals surface area contributed by atoms with Gasteiger partial charge in [-0.25, -0.2) is 9.48 Å². The summed E-state index contributed by atoms with van der Waals surface area (Å²) in [6, 6.07) is 3.79. The second-order valence-electron chi connectivity index (χ2n) is 6.54. The fourth-order valence-corrected chi connectivity index (χ4v) is 3.75. The fraction of sp³-hybridized carbons (Fsp3) is 0.562. The molecule has 8 heteroatoms. The minimum atomic E-state index is -0.876. The third-order valence-electron chi connectivity index (χ3n) is 4.77. The molecule has 1 N–H and O–H groups in total. The highest BCUT2D eigenvalue weighted by Gasteiger charge is 2.29. The second-order valence-corrected chi connectivity index (χ2v) is 7.34. The summed E-state index contributed by atoms with van der Waals surface area (Å²) in [6.07, 6.45) is 3.38. The molecule has 2 fully saturated rings. The largest absolute Gasteiger partial charge is 0.490 e. The Bertz CT molecular complexity index is 774. The molecule has 1 aromatic carbocycles. The molecule has 0 radical (unpaired) electrons. The lowest BCUT2D eigenvalue weighted by atomic mass is 10.2. The van der Waals surface area contributed by atoms with Crippen molar-refractivity contribution in [2.24, 2.45) is 5.92 Å². The number of fused-ring (bicyclic) bond motifs is 1. The van der Waals surface area contributed by atoms with Gasteiger partial charge in [0.15, 0.2) is 0 Å². The second kappa shape index (κ2) is 6.23. The number of carboxylic acid groups (broad SMARTS) is 1. The minimum Gasteiger partial charge on any atom is -0.490 e. The zero-order chi connectivity index (χ0) is 16.7. The molecule has 4 rings (SSSR count). The van der Waals surface area contributed by atoms with Gasteiger partial charge in [0.25, 0.3) is 0 Å². The number of rotatable bonds is 5. The molecule has 0 spiro atoms. The number of carbonyl (C=O) groups is 1. The lowest BCUT2D eigenvalue weighted by Gasteiger charge is -2.21. The third-order valence-corrected chi connectivity index (χ3v) is 5.54. The van der Waals surface area contributed by atoms with Crippen molar-refractivity contribution >= 4 is 33.1 Å². The molecule has 1 saturated heterocycles. The summed E-state index contributed by atoms with van der Waals surface area (Å²) in [5, 5.41) is 17.7. The predicted molar refractivity (Wildman–Crippen MR) is 91.2 cm³/mol. The first-order chi connectivity index (χ1) is 11.6. The van der Waals surface area contributed by atoms with Crippen molar-refractivity contribution in [3.8, 4) is 5.75 Å². The standard InChI is InChI=1S/C16H19BrN4O3/c17-14-13(24-9-11-2-1-7-20(11)16(22)23)6-5-12-15(14)18-19-21(12)8-10-3-4-10/h5-6,10-11H,1-4,7-9H2,(H,22,23)/t11-/m0/s1. The van der Waals surface area contributed by atoms with Gasteiger partial charge in [0.2, 0.25) is 0 Å². The molecule has 1 atom stereocenters.